The second-order valence-corrected chi connectivity index (χ2v) is 9.44. The highest BCUT2D eigenvalue weighted by Gasteiger charge is 2.16. The fourth-order valence-corrected chi connectivity index (χ4v) is 4.11. The van der Waals surface area contributed by atoms with Crippen molar-refractivity contribution in [2.45, 2.75) is 37.6 Å². The number of imidazole rings is 1. The van der Waals surface area contributed by atoms with Crippen LogP contribution in [0.4, 0.5) is 0 Å². The fourth-order valence-electron chi connectivity index (χ4n) is 3.39. The first-order valence-corrected chi connectivity index (χ1v) is 12.3. The van der Waals surface area contributed by atoms with Crippen molar-refractivity contribution in [3.8, 4) is 5.75 Å². The van der Waals surface area contributed by atoms with Gasteiger partial charge in [0, 0.05) is 26.4 Å². The van der Waals surface area contributed by atoms with Gasteiger partial charge >= 0.3 is 0 Å². The molecule has 1 heterocycles. The molecule has 0 saturated carbocycles. The summed E-state index contributed by atoms with van der Waals surface area (Å²) in [6, 6.07) is 11.9. The normalized spacial score (nSPS) is 11.6. The molecule has 172 valence electrons. The third-order valence-corrected chi connectivity index (χ3v) is 6.31. The summed E-state index contributed by atoms with van der Waals surface area (Å²) >= 11 is 6.07. The average Bonchev–Trinajstić information content (AvgIpc) is 3.09. The predicted octanol–water partition coefficient (Wildman–Crippen LogP) is 3.22. The van der Waals surface area contributed by atoms with Gasteiger partial charge in [0.2, 0.25) is 15.9 Å². The van der Waals surface area contributed by atoms with Gasteiger partial charge in [-0.1, -0.05) is 30.7 Å². The van der Waals surface area contributed by atoms with Gasteiger partial charge in [-0.15, -0.1) is 0 Å². The van der Waals surface area contributed by atoms with Crippen molar-refractivity contribution in [3.05, 3.63) is 53.3 Å². The number of aryl methyl sites for hydroxylation is 2. The van der Waals surface area contributed by atoms with Gasteiger partial charge < -0.3 is 14.2 Å². The van der Waals surface area contributed by atoms with Crippen LogP contribution in [0.15, 0.2) is 47.4 Å². The summed E-state index contributed by atoms with van der Waals surface area (Å²) in [4.78, 5) is 18.8. The van der Waals surface area contributed by atoms with Crippen LogP contribution in [-0.2, 0) is 27.8 Å². The molecule has 0 aliphatic heterocycles. The molecule has 0 spiro atoms. The molecule has 1 aromatic heterocycles. The van der Waals surface area contributed by atoms with Crippen LogP contribution in [0.5, 0.6) is 5.75 Å². The second kappa shape index (κ2) is 10.3. The number of carbonyl (C=O) groups is 1. The summed E-state index contributed by atoms with van der Waals surface area (Å²) in [5, 5.41) is 5.77. The van der Waals surface area contributed by atoms with Gasteiger partial charge in [0.25, 0.3) is 0 Å². The molecule has 3 aromatic rings. The van der Waals surface area contributed by atoms with Gasteiger partial charge in [-0.05, 0) is 36.8 Å². The lowest BCUT2D eigenvalue weighted by atomic mass is 10.2. The van der Waals surface area contributed by atoms with Crippen LogP contribution in [0.3, 0.4) is 0 Å². The van der Waals surface area contributed by atoms with Crippen molar-refractivity contribution in [1.82, 2.24) is 14.5 Å². The number of nitrogens with zero attached hydrogens (tertiary/aromatic N) is 3. The number of ether oxygens (including phenoxy) is 1. The van der Waals surface area contributed by atoms with Crippen LogP contribution in [0, 0.1) is 0 Å². The van der Waals surface area contributed by atoms with E-state index in [9.17, 15) is 13.2 Å². The van der Waals surface area contributed by atoms with Gasteiger partial charge in [-0.3, -0.25) is 4.79 Å². The van der Waals surface area contributed by atoms with Crippen molar-refractivity contribution < 1.29 is 17.9 Å². The Balaban J connectivity index is 1.64. The number of hydrogen-bond acceptors (Lipinski definition) is 5. The molecule has 32 heavy (non-hydrogen) atoms. The molecular formula is C22H27ClN4O4S. The number of carbonyl (C=O) groups excluding carboxylic acids is 1. The number of benzene rings is 2. The Bertz CT molecular complexity index is 1210. The number of aromatic nitrogens is 2. The highest BCUT2D eigenvalue weighted by Crippen LogP contribution is 2.23. The van der Waals surface area contributed by atoms with Crippen LogP contribution >= 0.6 is 11.6 Å². The van der Waals surface area contributed by atoms with Gasteiger partial charge in [-0.25, -0.2) is 18.5 Å². The van der Waals surface area contributed by atoms with Crippen molar-refractivity contribution >= 4 is 38.6 Å². The minimum atomic E-state index is -3.81. The number of primary sulfonamides is 1. The Labute approximate surface area is 193 Å². The van der Waals surface area contributed by atoms with Gasteiger partial charge in [0.15, 0.2) is 0 Å². The number of para-hydroxylation sites is 1. The second-order valence-electron chi connectivity index (χ2n) is 7.47. The number of hydrogen-bond donors (Lipinski definition) is 1. The van der Waals surface area contributed by atoms with E-state index in [0.29, 0.717) is 35.9 Å². The van der Waals surface area contributed by atoms with Crippen molar-refractivity contribution in [2.24, 2.45) is 5.14 Å². The quantitative estimate of drug-likeness (QED) is 0.481. The molecule has 2 aromatic carbocycles. The third-order valence-electron chi connectivity index (χ3n) is 5.08. The van der Waals surface area contributed by atoms with E-state index in [2.05, 4.69) is 4.98 Å². The van der Waals surface area contributed by atoms with Crippen molar-refractivity contribution in [3.63, 3.8) is 0 Å². The molecule has 0 atom stereocenters. The van der Waals surface area contributed by atoms with Crippen LogP contribution in [-0.4, -0.2) is 49.0 Å². The molecule has 0 unspecified atom stereocenters. The number of nitrogens with two attached hydrogens (primary N) is 1. The number of fused-ring (bicyclic) bond motifs is 1. The first kappa shape index (κ1) is 24.0. The Morgan fingerprint density at radius 3 is 2.69 bits per heavy atom. The number of sulfonamides is 1. The SMILES string of the molecule is CCCn1c(CCC(=O)N(C)CCOc2ccccc2Cl)nc2cc(S(N)(=O)=O)ccc21. The first-order chi connectivity index (χ1) is 15.2. The molecule has 2 N–H and O–H groups in total. The maximum atomic E-state index is 12.6. The van der Waals surface area contributed by atoms with Crippen molar-refractivity contribution in [2.75, 3.05) is 20.2 Å². The van der Waals surface area contributed by atoms with E-state index >= 15 is 0 Å². The monoisotopic (exact) mass is 478 g/mol. The summed E-state index contributed by atoms with van der Waals surface area (Å²) in [5.41, 5.74) is 1.37. The summed E-state index contributed by atoms with van der Waals surface area (Å²) in [6.45, 7) is 3.52. The minimum absolute atomic E-state index is 0.0204. The van der Waals surface area contributed by atoms with E-state index in [1.54, 1.807) is 30.1 Å². The molecule has 1 amide bonds. The smallest absolute Gasteiger partial charge is 0.238 e. The van der Waals surface area contributed by atoms with Crippen LogP contribution in [0.1, 0.15) is 25.6 Å². The summed E-state index contributed by atoms with van der Waals surface area (Å²) in [5.74, 6) is 1.29. The number of likely N-dealkylation sites (N-methyl/N-ethyl adjacent to an activating group) is 1. The number of amides is 1. The molecule has 0 aliphatic carbocycles. The summed E-state index contributed by atoms with van der Waals surface area (Å²) < 4.78 is 31.0. The zero-order valence-electron chi connectivity index (χ0n) is 18.1. The maximum Gasteiger partial charge on any atom is 0.238 e. The standard InChI is InChI=1S/C22H27ClN4O4S/c1-3-12-27-19-9-8-16(32(24,29)30)15-18(19)25-21(27)10-11-22(28)26(2)13-14-31-20-7-5-4-6-17(20)23/h4-9,15H,3,10-14H2,1-2H3,(H2,24,29,30). The van der Waals surface area contributed by atoms with E-state index in [1.807, 2.05) is 23.6 Å². The number of halogens is 1. The summed E-state index contributed by atoms with van der Waals surface area (Å²) in [7, 11) is -2.08. The number of rotatable bonds is 10. The van der Waals surface area contributed by atoms with Crippen LogP contribution in [0.25, 0.3) is 11.0 Å². The molecule has 0 saturated heterocycles. The molecule has 10 heteroatoms. The zero-order chi connectivity index (χ0) is 23.3. The lowest BCUT2D eigenvalue weighted by Crippen LogP contribution is -2.31. The predicted molar refractivity (Wildman–Crippen MR) is 124 cm³/mol. The zero-order valence-corrected chi connectivity index (χ0v) is 19.7. The lowest BCUT2D eigenvalue weighted by Gasteiger charge is -2.18. The Hall–Kier alpha value is -2.62. The van der Waals surface area contributed by atoms with E-state index in [-0.39, 0.29) is 17.2 Å². The molecule has 0 radical (unpaired) electrons. The largest absolute Gasteiger partial charge is 0.490 e. The molecule has 0 fully saturated rings. The van der Waals surface area contributed by atoms with Gasteiger partial charge in [-0.2, -0.15) is 0 Å². The first-order valence-electron chi connectivity index (χ1n) is 10.3. The van der Waals surface area contributed by atoms with E-state index in [0.717, 1.165) is 24.3 Å². The molecule has 8 nitrogen and oxygen atoms in total. The average molecular weight is 479 g/mol. The maximum absolute atomic E-state index is 12.6. The highest BCUT2D eigenvalue weighted by atomic mass is 35.5. The topological polar surface area (TPSA) is 108 Å². The Morgan fingerprint density at radius 1 is 1.25 bits per heavy atom. The van der Waals surface area contributed by atoms with Crippen LogP contribution < -0.4 is 9.88 Å². The lowest BCUT2D eigenvalue weighted by molar-refractivity contribution is -0.130. The van der Waals surface area contributed by atoms with E-state index in [1.165, 1.54) is 12.1 Å². The summed E-state index contributed by atoms with van der Waals surface area (Å²) in [6.07, 6.45) is 1.59. The van der Waals surface area contributed by atoms with Gasteiger partial charge in [0.05, 0.1) is 27.5 Å². The van der Waals surface area contributed by atoms with E-state index in [4.69, 9.17) is 21.5 Å². The minimum Gasteiger partial charge on any atom is -0.490 e. The fraction of sp³-hybridized carbons (Fsp3) is 0.364. The van der Waals surface area contributed by atoms with Crippen LogP contribution in [0.2, 0.25) is 5.02 Å². The third kappa shape index (κ3) is 5.79. The Kier molecular flexibility index (Phi) is 7.76. The van der Waals surface area contributed by atoms with Crippen molar-refractivity contribution in [1.29, 1.82) is 0 Å². The molecule has 0 bridgehead atoms. The highest BCUT2D eigenvalue weighted by molar-refractivity contribution is 7.89. The molecular weight excluding hydrogens is 452 g/mol. The van der Waals surface area contributed by atoms with E-state index < -0.39 is 10.0 Å². The molecule has 0 aliphatic rings. The Morgan fingerprint density at radius 2 is 2.00 bits per heavy atom. The van der Waals surface area contributed by atoms with Gasteiger partial charge in [0.1, 0.15) is 18.2 Å². The molecule has 3 rings (SSSR count).